The van der Waals surface area contributed by atoms with Crippen molar-refractivity contribution in [2.45, 2.75) is 46.2 Å². The third-order valence-electron chi connectivity index (χ3n) is 3.75. The molecule has 2 aromatic rings. The van der Waals surface area contributed by atoms with Crippen LogP contribution in [0.3, 0.4) is 0 Å². The Morgan fingerprint density at radius 2 is 1.86 bits per heavy atom. The molecule has 0 saturated carbocycles. The molecule has 21 heavy (non-hydrogen) atoms. The SMILES string of the molecule is CCC(NC(C)c1cc(C)sc1C)c1ccc(Cl)c(Cl)c1. The van der Waals surface area contributed by atoms with Crippen LogP contribution in [-0.4, -0.2) is 0 Å². The minimum absolute atomic E-state index is 0.273. The largest absolute Gasteiger partial charge is 0.303 e. The van der Waals surface area contributed by atoms with Gasteiger partial charge in [-0.05, 0) is 56.5 Å². The molecule has 2 atom stereocenters. The lowest BCUT2D eigenvalue weighted by molar-refractivity contribution is 0.456. The predicted octanol–water partition coefficient (Wildman–Crippen LogP) is 6.47. The number of aryl methyl sites for hydroxylation is 2. The Morgan fingerprint density at radius 1 is 1.14 bits per heavy atom. The summed E-state index contributed by atoms with van der Waals surface area (Å²) in [5.74, 6) is 0. The fraction of sp³-hybridized carbons (Fsp3) is 0.412. The van der Waals surface area contributed by atoms with Gasteiger partial charge in [-0.25, -0.2) is 0 Å². The molecule has 1 aromatic carbocycles. The van der Waals surface area contributed by atoms with Gasteiger partial charge in [0.15, 0.2) is 0 Å². The molecule has 0 amide bonds. The van der Waals surface area contributed by atoms with Gasteiger partial charge in [0.25, 0.3) is 0 Å². The number of nitrogens with one attached hydrogen (secondary N) is 1. The average Bonchev–Trinajstić information content (AvgIpc) is 2.78. The molecular weight excluding hydrogens is 321 g/mol. The Kier molecular flexibility index (Phi) is 5.73. The summed E-state index contributed by atoms with van der Waals surface area (Å²) in [7, 11) is 0. The Balaban J connectivity index is 2.18. The highest BCUT2D eigenvalue weighted by atomic mass is 35.5. The van der Waals surface area contributed by atoms with Crippen LogP contribution in [0.25, 0.3) is 0 Å². The van der Waals surface area contributed by atoms with E-state index in [0.29, 0.717) is 16.1 Å². The second kappa shape index (κ2) is 7.15. The second-order valence-electron chi connectivity index (χ2n) is 5.39. The van der Waals surface area contributed by atoms with E-state index < -0.39 is 0 Å². The van der Waals surface area contributed by atoms with E-state index in [1.807, 2.05) is 29.5 Å². The Morgan fingerprint density at radius 3 is 2.38 bits per heavy atom. The smallest absolute Gasteiger partial charge is 0.0595 e. The van der Waals surface area contributed by atoms with Crippen LogP contribution in [0.15, 0.2) is 24.3 Å². The van der Waals surface area contributed by atoms with Crippen molar-refractivity contribution in [3.05, 3.63) is 55.2 Å². The zero-order chi connectivity index (χ0) is 15.6. The number of benzene rings is 1. The molecule has 1 aromatic heterocycles. The quantitative estimate of drug-likeness (QED) is 0.656. The minimum Gasteiger partial charge on any atom is -0.303 e. The van der Waals surface area contributed by atoms with Crippen LogP contribution in [-0.2, 0) is 0 Å². The van der Waals surface area contributed by atoms with Gasteiger partial charge in [-0.3, -0.25) is 0 Å². The van der Waals surface area contributed by atoms with E-state index in [9.17, 15) is 0 Å². The van der Waals surface area contributed by atoms with Crippen molar-refractivity contribution >= 4 is 34.5 Å². The van der Waals surface area contributed by atoms with Crippen LogP contribution in [0, 0.1) is 13.8 Å². The number of rotatable bonds is 5. The zero-order valence-electron chi connectivity index (χ0n) is 12.8. The molecule has 0 fully saturated rings. The van der Waals surface area contributed by atoms with E-state index in [1.165, 1.54) is 20.9 Å². The number of halogens is 2. The minimum atomic E-state index is 0.273. The normalized spacial score (nSPS) is 14.2. The van der Waals surface area contributed by atoms with Crippen LogP contribution < -0.4 is 5.32 Å². The second-order valence-corrected chi connectivity index (χ2v) is 7.67. The van der Waals surface area contributed by atoms with Crippen LogP contribution in [0.2, 0.25) is 10.0 Å². The van der Waals surface area contributed by atoms with Crippen molar-refractivity contribution in [2.75, 3.05) is 0 Å². The highest BCUT2D eigenvalue weighted by Gasteiger charge is 2.17. The van der Waals surface area contributed by atoms with E-state index in [2.05, 4.69) is 39.1 Å². The van der Waals surface area contributed by atoms with Crippen molar-refractivity contribution in [3.63, 3.8) is 0 Å². The van der Waals surface area contributed by atoms with Gasteiger partial charge in [0.05, 0.1) is 10.0 Å². The van der Waals surface area contributed by atoms with Crippen molar-refractivity contribution in [1.29, 1.82) is 0 Å². The summed E-state index contributed by atoms with van der Waals surface area (Å²) < 4.78 is 0. The van der Waals surface area contributed by atoms with E-state index in [4.69, 9.17) is 23.2 Å². The first-order valence-electron chi connectivity index (χ1n) is 7.20. The van der Waals surface area contributed by atoms with E-state index in [-0.39, 0.29) is 6.04 Å². The summed E-state index contributed by atoms with van der Waals surface area (Å²) in [5, 5.41) is 4.92. The molecule has 0 spiro atoms. The molecule has 0 bridgehead atoms. The van der Waals surface area contributed by atoms with Crippen molar-refractivity contribution < 1.29 is 0 Å². The lowest BCUT2D eigenvalue weighted by Crippen LogP contribution is -2.24. The highest BCUT2D eigenvalue weighted by Crippen LogP contribution is 2.31. The first-order chi connectivity index (χ1) is 9.92. The maximum atomic E-state index is 6.14. The molecule has 1 N–H and O–H groups in total. The predicted molar refractivity (Wildman–Crippen MR) is 94.8 cm³/mol. The Hall–Kier alpha value is -0.540. The van der Waals surface area contributed by atoms with Crippen molar-refractivity contribution in [3.8, 4) is 0 Å². The van der Waals surface area contributed by atoms with Gasteiger partial charge in [-0.1, -0.05) is 36.2 Å². The van der Waals surface area contributed by atoms with Crippen molar-refractivity contribution in [1.82, 2.24) is 5.32 Å². The molecule has 2 unspecified atom stereocenters. The van der Waals surface area contributed by atoms with Crippen LogP contribution in [0.5, 0.6) is 0 Å². The molecule has 0 aliphatic heterocycles. The Labute approximate surface area is 141 Å². The van der Waals surface area contributed by atoms with Crippen LogP contribution >= 0.6 is 34.5 Å². The third kappa shape index (κ3) is 4.01. The van der Waals surface area contributed by atoms with E-state index >= 15 is 0 Å². The summed E-state index contributed by atoms with van der Waals surface area (Å²) in [4.78, 5) is 2.75. The summed E-state index contributed by atoms with van der Waals surface area (Å²) in [6, 6.07) is 8.74. The summed E-state index contributed by atoms with van der Waals surface area (Å²) in [6.45, 7) is 8.74. The third-order valence-corrected chi connectivity index (χ3v) is 5.47. The van der Waals surface area contributed by atoms with Gasteiger partial charge >= 0.3 is 0 Å². The number of hydrogen-bond donors (Lipinski definition) is 1. The average molecular weight is 342 g/mol. The lowest BCUT2D eigenvalue weighted by Gasteiger charge is -2.23. The van der Waals surface area contributed by atoms with Gasteiger partial charge in [0.2, 0.25) is 0 Å². The molecule has 0 aliphatic carbocycles. The van der Waals surface area contributed by atoms with Gasteiger partial charge in [-0.15, -0.1) is 11.3 Å². The number of hydrogen-bond acceptors (Lipinski definition) is 2. The molecule has 114 valence electrons. The molecule has 0 radical (unpaired) electrons. The lowest BCUT2D eigenvalue weighted by atomic mass is 10.0. The van der Waals surface area contributed by atoms with Gasteiger partial charge in [0.1, 0.15) is 0 Å². The zero-order valence-corrected chi connectivity index (χ0v) is 15.2. The highest BCUT2D eigenvalue weighted by molar-refractivity contribution is 7.12. The van der Waals surface area contributed by atoms with Crippen LogP contribution in [0.1, 0.15) is 53.2 Å². The number of thiophene rings is 1. The molecular formula is C17H21Cl2NS. The molecule has 0 aliphatic rings. The fourth-order valence-electron chi connectivity index (χ4n) is 2.65. The standard InChI is InChI=1S/C17H21Cl2NS/c1-5-17(13-6-7-15(18)16(19)9-13)20-11(3)14-8-10(2)21-12(14)4/h6-9,11,17,20H,5H2,1-4H3. The first kappa shape index (κ1) is 16.8. The first-order valence-corrected chi connectivity index (χ1v) is 8.77. The van der Waals surface area contributed by atoms with Crippen molar-refractivity contribution in [2.24, 2.45) is 0 Å². The maximum absolute atomic E-state index is 6.14. The monoisotopic (exact) mass is 341 g/mol. The molecule has 1 heterocycles. The van der Waals surface area contributed by atoms with Gasteiger partial charge in [0, 0.05) is 21.8 Å². The molecule has 2 rings (SSSR count). The fourth-order valence-corrected chi connectivity index (χ4v) is 3.98. The summed E-state index contributed by atoms with van der Waals surface area (Å²) in [6.07, 6.45) is 1.00. The topological polar surface area (TPSA) is 12.0 Å². The van der Waals surface area contributed by atoms with Gasteiger partial charge in [-0.2, -0.15) is 0 Å². The Bertz CT molecular complexity index is 621. The molecule has 0 saturated heterocycles. The molecule has 4 heteroatoms. The van der Waals surface area contributed by atoms with Gasteiger partial charge < -0.3 is 5.32 Å². The van der Waals surface area contributed by atoms with E-state index in [0.717, 1.165) is 6.42 Å². The van der Waals surface area contributed by atoms with Crippen LogP contribution in [0.4, 0.5) is 0 Å². The maximum Gasteiger partial charge on any atom is 0.0595 e. The van der Waals surface area contributed by atoms with E-state index in [1.54, 1.807) is 0 Å². The summed E-state index contributed by atoms with van der Waals surface area (Å²) >= 11 is 14.0. The molecule has 1 nitrogen and oxygen atoms in total. The summed E-state index contributed by atoms with van der Waals surface area (Å²) in [5.41, 5.74) is 2.57.